The highest BCUT2D eigenvalue weighted by atomic mass is 16.2. The summed E-state index contributed by atoms with van der Waals surface area (Å²) in [6.45, 7) is 0.707. The predicted molar refractivity (Wildman–Crippen MR) is 129 cm³/mol. The zero-order chi connectivity index (χ0) is 22.8. The molecule has 0 heterocycles. The number of rotatable bonds is 10. The summed E-state index contributed by atoms with van der Waals surface area (Å²) in [6, 6.07) is 22.3. The van der Waals surface area contributed by atoms with Crippen LogP contribution in [0.15, 0.2) is 72.8 Å². The van der Waals surface area contributed by atoms with Gasteiger partial charge in [0.05, 0.1) is 11.4 Å². The van der Waals surface area contributed by atoms with Gasteiger partial charge in [0.1, 0.15) is 0 Å². The quantitative estimate of drug-likeness (QED) is 0.191. The molecule has 0 bridgehead atoms. The molecule has 7 heteroatoms. The lowest BCUT2D eigenvalue weighted by atomic mass is 10.1. The average Bonchev–Trinajstić information content (AvgIpc) is 2.80. The summed E-state index contributed by atoms with van der Waals surface area (Å²) in [5, 5.41) is 5.74. The Labute approximate surface area is 188 Å². The molecule has 0 unspecified atom stereocenters. The molecule has 0 aliphatic rings. The van der Waals surface area contributed by atoms with Gasteiger partial charge in [0.25, 0.3) is 5.91 Å². The van der Waals surface area contributed by atoms with Crippen LogP contribution in [0.4, 0.5) is 17.1 Å². The van der Waals surface area contributed by atoms with Crippen LogP contribution >= 0.6 is 0 Å². The first-order valence-corrected chi connectivity index (χ1v) is 10.6. The minimum absolute atomic E-state index is 0.0159. The fourth-order valence-electron chi connectivity index (χ4n) is 3.28. The van der Waals surface area contributed by atoms with Crippen LogP contribution in [0.3, 0.4) is 0 Å². The van der Waals surface area contributed by atoms with Gasteiger partial charge < -0.3 is 16.4 Å². The summed E-state index contributed by atoms with van der Waals surface area (Å²) >= 11 is 0. The van der Waals surface area contributed by atoms with Crippen LogP contribution < -0.4 is 27.6 Å². The summed E-state index contributed by atoms with van der Waals surface area (Å²) < 4.78 is 0. The minimum Gasteiger partial charge on any atom is -0.397 e. The number of amides is 2. The first-order valence-electron chi connectivity index (χ1n) is 10.6. The van der Waals surface area contributed by atoms with Crippen molar-refractivity contribution in [3.05, 3.63) is 89.5 Å². The molecule has 0 atom stereocenters. The third kappa shape index (κ3) is 6.94. The molecule has 3 rings (SSSR count). The molecule has 3 aromatic rings. The molecule has 0 aromatic heterocycles. The smallest absolute Gasteiger partial charge is 0.255 e. The third-order valence-corrected chi connectivity index (χ3v) is 5.09. The van der Waals surface area contributed by atoms with Gasteiger partial charge in [-0.2, -0.15) is 0 Å². The number of carbonyl (C=O) groups excluding carboxylic acids is 2. The Hall–Kier alpha value is -3.68. The van der Waals surface area contributed by atoms with Crippen molar-refractivity contribution in [2.24, 2.45) is 5.84 Å². The molecule has 0 saturated carbocycles. The highest BCUT2D eigenvalue weighted by Gasteiger charge is 2.08. The fraction of sp³-hybridized carbons (Fsp3) is 0.200. The van der Waals surface area contributed by atoms with Crippen molar-refractivity contribution in [3.63, 3.8) is 0 Å². The van der Waals surface area contributed by atoms with Gasteiger partial charge in [-0.1, -0.05) is 36.4 Å². The summed E-state index contributed by atoms with van der Waals surface area (Å²) in [5.74, 6) is 5.06. The number of hydrazine groups is 1. The number of aryl methyl sites for hydroxylation is 1. The largest absolute Gasteiger partial charge is 0.397 e. The number of anilines is 3. The van der Waals surface area contributed by atoms with Crippen LogP contribution in [-0.2, 0) is 17.6 Å². The number of nitrogen functional groups attached to an aromatic ring is 1. The molecule has 7 nitrogen and oxygen atoms in total. The molecule has 0 radical (unpaired) electrons. The maximum atomic E-state index is 12.4. The summed E-state index contributed by atoms with van der Waals surface area (Å²) in [5.41, 5.74) is 13.2. The number of nitrogens with two attached hydrogens (primary N) is 2. The number of hydrogen-bond donors (Lipinski definition) is 5. The molecule has 0 saturated heterocycles. The van der Waals surface area contributed by atoms with Crippen molar-refractivity contribution in [1.82, 2.24) is 5.43 Å². The summed E-state index contributed by atoms with van der Waals surface area (Å²) in [7, 11) is 0. The van der Waals surface area contributed by atoms with Gasteiger partial charge in [-0.25, -0.2) is 0 Å². The van der Waals surface area contributed by atoms with Gasteiger partial charge in [-0.05, 0) is 66.8 Å². The standard InChI is InChI=1S/C25H29N5O2/c26-22-5-1-2-6-23(22)30-25(32)20-12-8-18(9-13-20)4-3-7-24(31)29-21-14-10-19(11-15-21)16-17-28-27/h1-2,5-6,8-15,28H,3-4,7,16-17,26-27H2,(H,29,31)(H,30,32). The second-order valence-corrected chi connectivity index (χ2v) is 7.54. The molecule has 7 N–H and O–H groups in total. The first kappa shape index (κ1) is 23.0. The number of nitrogens with one attached hydrogen (secondary N) is 3. The Morgan fingerprint density at radius 3 is 2.12 bits per heavy atom. The lowest BCUT2D eigenvalue weighted by molar-refractivity contribution is -0.116. The molecule has 3 aromatic carbocycles. The molecular weight excluding hydrogens is 402 g/mol. The molecule has 32 heavy (non-hydrogen) atoms. The molecule has 0 aliphatic carbocycles. The zero-order valence-electron chi connectivity index (χ0n) is 17.9. The number of para-hydroxylation sites is 2. The van der Waals surface area contributed by atoms with E-state index in [1.165, 1.54) is 0 Å². The minimum atomic E-state index is -0.209. The van der Waals surface area contributed by atoms with E-state index in [2.05, 4.69) is 16.1 Å². The highest BCUT2D eigenvalue weighted by molar-refractivity contribution is 6.05. The lowest BCUT2D eigenvalue weighted by Crippen LogP contribution is -2.24. The number of benzene rings is 3. The lowest BCUT2D eigenvalue weighted by Gasteiger charge is -2.09. The van der Waals surface area contributed by atoms with Crippen LogP contribution in [0, 0.1) is 0 Å². The van der Waals surface area contributed by atoms with E-state index < -0.39 is 0 Å². The van der Waals surface area contributed by atoms with E-state index in [1.54, 1.807) is 24.3 Å². The highest BCUT2D eigenvalue weighted by Crippen LogP contribution is 2.18. The topological polar surface area (TPSA) is 122 Å². The molecule has 166 valence electrons. The van der Waals surface area contributed by atoms with Gasteiger partial charge in [-0.3, -0.25) is 20.9 Å². The van der Waals surface area contributed by atoms with Crippen molar-refractivity contribution < 1.29 is 9.59 Å². The number of hydrogen-bond acceptors (Lipinski definition) is 5. The van der Waals surface area contributed by atoms with Crippen molar-refractivity contribution >= 4 is 28.9 Å². The van der Waals surface area contributed by atoms with E-state index in [0.29, 0.717) is 29.9 Å². The van der Waals surface area contributed by atoms with Crippen LogP contribution in [0.25, 0.3) is 0 Å². The Morgan fingerprint density at radius 1 is 0.781 bits per heavy atom. The number of carbonyl (C=O) groups is 2. The Morgan fingerprint density at radius 2 is 1.44 bits per heavy atom. The molecule has 0 aliphatic heterocycles. The SMILES string of the molecule is NNCCc1ccc(NC(=O)CCCc2ccc(C(=O)Nc3ccccc3N)cc2)cc1. The Bertz CT molecular complexity index is 1030. The van der Waals surface area contributed by atoms with E-state index >= 15 is 0 Å². The fourth-order valence-corrected chi connectivity index (χ4v) is 3.28. The first-order chi connectivity index (χ1) is 15.5. The van der Waals surface area contributed by atoms with E-state index in [-0.39, 0.29) is 11.8 Å². The van der Waals surface area contributed by atoms with E-state index in [9.17, 15) is 9.59 Å². The van der Waals surface area contributed by atoms with E-state index in [1.807, 2.05) is 48.5 Å². The van der Waals surface area contributed by atoms with Crippen LogP contribution in [0.5, 0.6) is 0 Å². The Kier molecular flexibility index (Phi) is 8.36. The van der Waals surface area contributed by atoms with Crippen molar-refractivity contribution in [2.45, 2.75) is 25.7 Å². The maximum Gasteiger partial charge on any atom is 0.255 e. The summed E-state index contributed by atoms with van der Waals surface area (Å²) in [4.78, 5) is 24.6. The normalized spacial score (nSPS) is 10.5. The molecular formula is C25H29N5O2. The third-order valence-electron chi connectivity index (χ3n) is 5.09. The van der Waals surface area contributed by atoms with Crippen molar-refractivity contribution in [3.8, 4) is 0 Å². The second-order valence-electron chi connectivity index (χ2n) is 7.54. The van der Waals surface area contributed by atoms with Crippen LogP contribution in [-0.4, -0.2) is 18.4 Å². The zero-order valence-corrected chi connectivity index (χ0v) is 17.9. The molecule has 0 spiro atoms. The molecule has 0 fully saturated rings. The van der Waals surface area contributed by atoms with Gasteiger partial charge in [-0.15, -0.1) is 0 Å². The van der Waals surface area contributed by atoms with Gasteiger partial charge in [0.15, 0.2) is 0 Å². The van der Waals surface area contributed by atoms with E-state index in [0.717, 1.165) is 36.1 Å². The van der Waals surface area contributed by atoms with Gasteiger partial charge in [0.2, 0.25) is 5.91 Å². The second kappa shape index (κ2) is 11.6. The monoisotopic (exact) mass is 431 g/mol. The van der Waals surface area contributed by atoms with Crippen LogP contribution in [0.2, 0.25) is 0 Å². The predicted octanol–water partition coefficient (Wildman–Crippen LogP) is 3.49. The van der Waals surface area contributed by atoms with Gasteiger partial charge in [0, 0.05) is 24.2 Å². The molecule has 2 amide bonds. The average molecular weight is 432 g/mol. The Balaban J connectivity index is 1.42. The van der Waals surface area contributed by atoms with Gasteiger partial charge >= 0.3 is 0 Å². The maximum absolute atomic E-state index is 12.4. The van der Waals surface area contributed by atoms with Crippen LogP contribution in [0.1, 0.15) is 34.3 Å². The van der Waals surface area contributed by atoms with Crippen molar-refractivity contribution in [2.75, 3.05) is 22.9 Å². The van der Waals surface area contributed by atoms with Crippen molar-refractivity contribution in [1.29, 1.82) is 0 Å². The van der Waals surface area contributed by atoms with E-state index in [4.69, 9.17) is 11.6 Å². The summed E-state index contributed by atoms with van der Waals surface area (Å²) in [6.07, 6.45) is 2.74.